The average molecular weight is 216 g/mol. The molecular weight excluding hydrogens is 196 g/mol. The van der Waals surface area contributed by atoms with Crippen LogP contribution in [-0.4, -0.2) is 6.61 Å². The summed E-state index contributed by atoms with van der Waals surface area (Å²) in [6.07, 6.45) is 14.3. The molecule has 0 aromatic heterocycles. The molecule has 0 spiro atoms. The lowest BCUT2D eigenvalue weighted by Gasteiger charge is -2.12. The molecule has 0 N–H and O–H groups in total. The van der Waals surface area contributed by atoms with E-state index >= 15 is 0 Å². The van der Waals surface area contributed by atoms with Crippen LogP contribution in [0.2, 0.25) is 0 Å². The first-order valence-electron chi connectivity index (χ1n) is 5.70. The fourth-order valence-electron chi connectivity index (χ4n) is 1.50. The first-order chi connectivity index (χ1) is 7.76. The third kappa shape index (κ3) is 4.35. The minimum absolute atomic E-state index is 0.621. The minimum Gasteiger partial charge on any atom is -0.489 e. The van der Waals surface area contributed by atoms with Crippen molar-refractivity contribution in [1.82, 2.24) is 0 Å². The summed E-state index contributed by atoms with van der Waals surface area (Å²) in [6, 6.07) is 0. The molecule has 0 aromatic carbocycles. The Morgan fingerprint density at radius 2 is 2.38 bits per heavy atom. The van der Waals surface area contributed by atoms with Crippen LogP contribution >= 0.6 is 0 Å². The van der Waals surface area contributed by atoms with E-state index in [0.29, 0.717) is 6.61 Å². The molecule has 0 aromatic rings. The van der Waals surface area contributed by atoms with Gasteiger partial charge in [-0.15, -0.1) is 0 Å². The van der Waals surface area contributed by atoms with Gasteiger partial charge < -0.3 is 4.74 Å². The summed E-state index contributed by atoms with van der Waals surface area (Å²) < 4.78 is 5.73. The third-order valence-corrected chi connectivity index (χ3v) is 2.50. The van der Waals surface area contributed by atoms with Gasteiger partial charge in [-0.05, 0) is 44.4 Å². The minimum atomic E-state index is 0.621. The van der Waals surface area contributed by atoms with E-state index in [4.69, 9.17) is 4.74 Å². The van der Waals surface area contributed by atoms with Crippen LogP contribution in [0.25, 0.3) is 0 Å². The molecule has 86 valence electrons. The summed E-state index contributed by atoms with van der Waals surface area (Å²) in [6.45, 7) is 8.43. The summed E-state index contributed by atoms with van der Waals surface area (Å²) in [5, 5.41) is 0. The molecule has 1 heteroatoms. The van der Waals surface area contributed by atoms with Crippen molar-refractivity contribution in [3.05, 3.63) is 59.9 Å². The van der Waals surface area contributed by atoms with E-state index in [9.17, 15) is 0 Å². The van der Waals surface area contributed by atoms with E-state index in [0.717, 1.165) is 24.2 Å². The van der Waals surface area contributed by atoms with Gasteiger partial charge in [-0.2, -0.15) is 0 Å². The van der Waals surface area contributed by atoms with Crippen molar-refractivity contribution in [3.8, 4) is 0 Å². The first-order valence-corrected chi connectivity index (χ1v) is 5.70. The maximum absolute atomic E-state index is 5.73. The Morgan fingerprint density at radius 1 is 1.56 bits per heavy atom. The highest BCUT2D eigenvalue weighted by molar-refractivity contribution is 5.25. The Morgan fingerprint density at radius 3 is 3.00 bits per heavy atom. The van der Waals surface area contributed by atoms with E-state index in [1.807, 2.05) is 19.1 Å². The molecule has 0 heterocycles. The number of rotatable bonds is 5. The van der Waals surface area contributed by atoms with Crippen molar-refractivity contribution < 1.29 is 4.74 Å². The lowest BCUT2D eigenvalue weighted by Crippen LogP contribution is -1.98. The van der Waals surface area contributed by atoms with E-state index < -0.39 is 0 Å². The Balaban J connectivity index is 2.47. The van der Waals surface area contributed by atoms with E-state index in [-0.39, 0.29) is 0 Å². The summed E-state index contributed by atoms with van der Waals surface area (Å²) in [5.74, 6) is 0.995. The van der Waals surface area contributed by atoms with E-state index in [1.165, 1.54) is 5.57 Å². The Hall–Kier alpha value is -1.50. The van der Waals surface area contributed by atoms with Gasteiger partial charge in [-0.1, -0.05) is 36.5 Å². The fraction of sp³-hybridized carbons (Fsp3) is 0.333. The Labute approximate surface area is 98.5 Å². The summed E-state index contributed by atoms with van der Waals surface area (Å²) in [7, 11) is 0. The molecular formula is C15H20O. The zero-order chi connectivity index (χ0) is 11.8. The van der Waals surface area contributed by atoms with Gasteiger partial charge in [0, 0.05) is 0 Å². The van der Waals surface area contributed by atoms with Crippen molar-refractivity contribution in [2.45, 2.75) is 26.7 Å². The van der Waals surface area contributed by atoms with Crippen LogP contribution in [0, 0.1) is 0 Å². The summed E-state index contributed by atoms with van der Waals surface area (Å²) in [5.41, 5.74) is 2.55. The van der Waals surface area contributed by atoms with Crippen LogP contribution in [0.3, 0.4) is 0 Å². The zero-order valence-corrected chi connectivity index (χ0v) is 10.2. The largest absolute Gasteiger partial charge is 0.489 e. The lowest BCUT2D eigenvalue weighted by atomic mass is 10.1. The van der Waals surface area contributed by atoms with Crippen LogP contribution < -0.4 is 0 Å². The predicted molar refractivity (Wildman–Crippen MR) is 70.1 cm³/mol. The highest BCUT2D eigenvalue weighted by atomic mass is 16.5. The molecule has 1 aliphatic rings. The zero-order valence-electron chi connectivity index (χ0n) is 10.2. The predicted octanol–water partition coefficient (Wildman–Crippen LogP) is 4.32. The van der Waals surface area contributed by atoms with Crippen LogP contribution in [-0.2, 0) is 4.74 Å². The van der Waals surface area contributed by atoms with E-state index in [1.54, 1.807) is 6.08 Å². The van der Waals surface area contributed by atoms with Gasteiger partial charge in [0.2, 0.25) is 0 Å². The summed E-state index contributed by atoms with van der Waals surface area (Å²) >= 11 is 0. The fourth-order valence-corrected chi connectivity index (χ4v) is 1.50. The number of hydrogen-bond donors (Lipinski definition) is 0. The topological polar surface area (TPSA) is 9.23 Å². The van der Waals surface area contributed by atoms with Gasteiger partial charge in [0.25, 0.3) is 0 Å². The van der Waals surface area contributed by atoms with Crippen LogP contribution in [0.4, 0.5) is 0 Å². The molecule has 0 saturated heterocycles. The second-order valence-corrected chi connectivity index (χ2v) is 3.88. The number of allylic oxidation sites excluding steroid dienone is 6. The molecule has 0 fully saturated rings. The van der Waals surface area contributed by atoms with Gasteiger partial charge in [0.15, 0.2) is 0 Å². The normalized spacial score (nSPS) is 17.0. The molecule has 0 aliphatic heterocycles. The molecule has 1 rings (SSSR count). The van der Waals surface area contributed by atoms with E-state index in [2.05, 4.69) is 31.7 Å². The van der Waals surface area contributed by atoms with Crippen LogP contribution in [0.1, 0.15) is 26.7 Å². The van der Waals surface area contributed by atoms with Crippen molar-refractivity contribution in [2.75, 3.05) is 6.61 Å². The van der Waals surface area contributed by atoms with Crippen molar-refractivity contribution in [1.29, 1.82) is 0 Å². The molecule has 0 bridgehead atoms. The Bertz CT molecular complexity index is 354. The van der Waals surface area contributed by atoms with Gasteiger partial charge in [-0.3, -0.25) is 0 Å². The molecule has 1 nitrogen and oxygen atoms in total. The van der Waals surface area contributed by atoms with Crippen molar-refractivity contribution >= 4 is 0 Å². The third-order valence-electron chi connectivity index (χ3n) is 2.50. The smallest absolute Gasteiger partial charge is 0.115 e. The second-order valence-electron chi connectivity index (χ2n) is 3.88. The highest BCUT2D eigenvalue weighted by Gasteiger charge is 2.02. The molecule has 0 amide bonds. The second kappa shape index (κ2) is 6.89. The maximum atomic E-state index is 5.73. The first kappa shape index (κ1) is 12.6. The van der Waals surface area contributed by atoms with Crippen molar-refractivity contribution in [3.63, 3.8) is 0 Å². The lowest BCUT2D eigenvalue weighted by molar-refractivity contribution is 0.252. The van der Waals surface area contributed by atoms with Crippen molar-refractivity contribution in [2.24, 2.45) is 0 Å². The molecule has 1 aliphatic carbocycles. The monoisotopic (exact) mass is 216 g/mol. The number of hydrogen-bond acceptors (Lipinski definition) is 1. The maximum Gasteiger partial charge on any atom is 0.115 e. The molecule has 0 radical (unpaired) electrons. The van der Waals surface area contributed by atoms with Gasteiger partial charge in [-0.25, -0.2) is 0 Å². The SMILES string of the molecule is C=C/C=C\C(=C/C)COC1=CCCC(C)=C1. The van der Waals surface area contributed by atoms with Crippen LogP contribution in [0.15, 0.2) is 59.9 Å². The average Bonchev–Trinajstić information content (AvgIpc) is 2.29. The van der Waals surface area contributed by atoms with Gasteiger partial charge in [0.05, 0.1) is 0 Å². The molecule has 0 atom stereocenters. The van der Waals surface area contributed by atoms with Gasteiger partial charge in [0.1, 0.15) is 12.4 Å². The quantitative estimate of drug-likeness (QED) is 0.622. The van der Waals surface area contributed by atoms with Gasteiger partial charge >= 0.3 is 0 Å². The highest BCUT2D eigenvalue weighted by Crippen LogP contribution is 2.18. The molecule has 0 saturated carbocycles. The molecule has 0 unspecified atom stereocenters. The molecule has 16 heavy (non-hydrogen) atoms. The Kier molecular flexibility index (Phi) is 5.41. The summed E-state index contributed by atoms with van der Waals surface area (Å²) in [4.78, 5) is 0. The number of ether oxygens (including phenoxy) is 1. The van der Waals surface area contributed by atoms with Crippen LogP contribution in [0.5, 0.6) is 0 Å². The standard InChI is InChI=1S/C15H20O/c1-4-6-9-14(5-2)12-16-15-10-7-8-13(3)11-15/h4-6,9-11H,1,7-8,12H2,2-3H3/b9-6-,14-5+.